The van der Waals surface area contributed by atoms with Gasteiger partial charge in [0.25, 0.3) is 5.69 Å². The van der Waals surface area contributed by atoms with Crippen LogP contribution in [0.2, 0.25) is 0 Å². The standard InChI is InChI=1S/C17H17N5O7S.C10H12N4O4S/c23-5-11-13(24)14(25)17(29-11,21-8-20-12-15(21)18-7-19-16(12)26)30-6-9-3-1-2-4-10(9)22(27)28;15-1-4-6(16)7(17)10(18-4)14-3-13-5-8(14)11-2-12-9(5)19/h1-4,7-8,11,13-14,23-25H,5-6H2,(H,18,19,26);2-4,6-7,10,15-17H,1H2,(H,11,12,19)/t11-,13-,14-,17+;4-,6-,7-,10-/m11/s1. The Bertz CT molecular complexity index is 1970. The maximum Gasteiger partial charge on any atom is 0.273 e. The van der Waals surface area contributed by atoms with E-state index in [1.54, 1.807) is 12.1 Å². The lowest BCUT2D eigenvalue weighted by atomic mass is 10.1. The molecule has 6 heterocycles. The van der Waals surface area contributed by atoms with Gasteiger partial charge in [0.1, 0.15) is 66.1 Å². The second kappa shape index (κ2) is 14.0. The second-order valence-corrected chi connectivity index (χ2v) is 12.4. The molecule has 5 aromatic rings. The number of aliphatic hydroxyl groups is 6. The number of fused-ring (bicyclic) bond motifs is 2. The largest absolute Gasteiger partial charge is 0.492 e. The number of imidazole rings is 2. The van der Waals surface area contributed by atoms with Crippen molar-refractivity contribution in [3.8, 4) is 5.88 Å². The molecule has 2 saturated heterocycles. The summed E-state index contributed by atoms with van der Waals surface area (Å²) in [4.78, 5) is 34.7. The normalized spacial score (nSPS) is 28.2. The van der Waals surface area contributed by atoms with Crippen LogP contribution >= 0.6 is 24.4 Å². The van der Waals surface area contributed by atoms with Crippen LogP contribution in [0.4, 0.5) is 5.69 Å². The van der Waals surface area contributed by atoms with Crippen molar-refractivity contribution >= 4 is 52.4 Å². The van der Waals surface area contributed by atoms with Gasteiger partial charge in [-0.15, -0.1) is 12.6 Å². The molecular formula is C27H29N9O11S2. The van der Waals surface area contributed by atoms with E-state index in [1.807, 2.05) is 0 Å². The van der Waals surface area contributed by atoms with E-state index in [9.17, 15) is 40.8 Å². The first-order chi connectivity index (χ1) is 23.5. The quantitative estimate of drug-likeness (QED) is 0.0405. The van der Waals surface area contributed by atoms with Crippen molar-refractivity contribution in [2.24, 2.45) is 0 Å². The Morgan fingerprint density at radius 1 is 0.898 bits per heavy atom. The molecule has 0 saturated carbocycles. The van der Waals surface area contributed by atoms with Gasteiger partial charge in [0.05, 0.1) is 24.5 Å². The van der Waals surface area contributed by atoms with Gasteiger partial charge in [-0.2, -0.15) is 4.98 Å². The number of nitrogens with zero attached hydrogens (tertiary/aromatic N) is 9. The first-order valence-electron chi connectivity index (χ1n) is 14.4. The number of aromatic nitrogens is 8. The number of thiol groups is 1. The molecule has 22 heteroatoms. The molecule has 0 bridgehead atoms. The molecule has 0 unspecified atom stereocenters. The van der Waals surface area contributed by atoms with Crippen molar-refractivity contribution in [3.63, 3.8) is 0 Å². The Labute approximate surface area is 284 Å². The second-order valence-electron chi connectivity index (χ2n) is 10.8. The monoisotopic (exact) mass is 719 g/mol. The number of nitro groups is 1. The van der Waals surface area contributed by atoms with Crippen molar-refractivity contribution in [3.05, 3.63) is 65.3 Å². The lowest BCUT2D eigenvalue weighted by Crippen LogP contribution is -2.43. The van der Waals surface area contributed by atoms with Crippen molar-refractivity contribution in [1.82, 2.24) is 39.0 Å². The Morgan fingerprint density at radius 3 is 2.29 bits per heavy atom. The lowest BCUT2D eigenvalue weighted by molar-refractivity contribution is -0.385. The van der Waals surface area contributed by atoms with E-state index < -0.39 is 59.4 Å². The third-order valence-corrected chi connectivity index (χ3v) is 9.71. The van der Waals surface area contributed by atoms with Crippen LogP contribution in [0.25, 0.3) is 22.3 Å². The zero-order valence-electron chi connectivity index (χ0n) is 24.9. The molecule has 0 amide bonds. The topological polar surface area (TPSA) is 290 Å². The minimum atomic E-state index is -1.73. The number of hydrogen-bond donors (Lipinski definition) is 8. The third-order valence-electron chi connectivity index (χ3n) is 7.98. The van der Waals surface area contributed by atoms with Crippen molar-refractivity contribution in [2.45, 2.75) is 58.7 Å². The molecule has 7 rings (SSSR count). The number of aliphatic hydroxyl groups excluding tert-OH is 6. The number of benzene rings is 1. The predicted octanol–water partition coefficient (Wildman–Crippen LogP) is -1.18. The summed E-state index contributed by atoms with van der Waals surface area (Å²) in [6, 6.07) is 6.11. The van der Waals surface area contributed by atoms with E-state index in [0.29, 0.717) is 21.8 Å². The Morgan fingerprint density at radius 2 is 1.59 bits per heavy atom. The van der Waals surface area contributed by atoms with E-state index in [4.69, 9.17) is 14.6 Å². The van der Waals surface area contributed by atoms with Crippen molar-refractivity contribution in [1.29, 1.82) is 0 Å². The molecule has 4 aromatic heterocycles. The van der Waals surface area contributed by atoms with E-state index in [0.717, 1.165) is 18.1 Å². The summed E-state index contributed by atoms with van der Waals surface area (Å²) in [6.45, 7) is -0.951. The number of thioether (sulfide) groups is 1. The van der Waals surface area contributed by atoms with Crippen LogP contribution in [0, 0.1) is 10.1 Å². The molecule has 7 N–H and O–H groups in total. The Kier molecular flexibility index (Phi) is 9.95. The minimum Gasteiger partial charge on any atom is -0.492 e. The molecular weight excluding hydrogens is 690 g/mol. The van der Waals surface area contributed by atoms with E-state index in [-0.39, 0.29) is 35.1 Å². The highest BCUT2D eigenvalue weighted by molar-refractivity contribution is 7.99. The fraction of sp³-hybridized carbons (Fsp3) is 0.407. The van der Waals surface area contributed by atoms with Crippen LogP contribution in [-0.4, -0.2) is 130 Å². The number of rotatable bonds is 8. The van der Waals surface area contributed by atoms with Gasteiger partial charge in [-0.05, 0) is 0 Å². The number of nitro benzene ring substituents is 1. The zero-order chi connectivity index (χ0) is 35.0. The van der Waals surface area contributed by atoms with Crippen LogP contribution in [-0.2, 0) is 20.3 Å². The van der Waals surface area contributed by atoms with Crippen LogP contribution < -0.4 is 0 Å². The average Bonchev–Trinajstić information content (AvgIpc) is 3.86. The molecule has 8 atom stereocenters. The van der Waals surface area contributed by atoms with Crippen molar-refractivity contribution in [2.75, 3.05) is 13.2 Å². The molecule has 260 valence electrons. The molecule has 20 nitrogen and oxygen atoms in total. The lowest BCUT2D eigenvalue weighted by Gasteiger charge is -2.32. The fourth-order valence-corrected chi connectivity index (χ4v) is 7.08. The molecule has 0 spiro atoms. The molecule has 0 aliphatic carbocycles. The highest BCUT2D eigenvalue weighted by atomic mass is 32.2. The smallest absolute Gasteiger partial charge is 0.273 e. The molecule has 2 fully saturated rings. The van der Waals surface area contributed by atoms with Gasteiger partial charge in [0.15, 0.2) is 23.0 Å². The van der Waals surface area contributed by atoms with Gasteiger partial charge in [-0.25, -0.2) is 24.9 Å². The average molecular weight is 720 g/mol. The summed E-state index contributed by atoms with van der Waals surface area (Å²) >= 11 is 5.12. The maximum absolute atomic E-state index is 11.3. The number of aromatic hydroxyl groups is 1. The first kappa shape index (κ1) is 34.8. The van der Waals surface area contributed by atoms with E-state index >= 15 is 0 Å². The van der Waals surface area contributed by atoms with Gasteiger partial charge >= 0.3 is 0 Å². The number of ether oxygens (including phenoxy) is 2. The van der Waals surface area contributed by atoms with Crippen LogP contribution in [0.15, 0.2) is 54.6 Å². The van der Waals surface area contributed by atoms with Gasteiger partial charge in [-0.1, -0.05) is 30.0 Å². The summed E-state index contributed by atoms with van der Waals surface area (Å²) in [7, 11) is 0. The van der Waals surface area contributed by atoms with Gasteiger partial charge in [-0.3, -0.25) is 19.2 Å². The highest BCUT2D eigenvalue weighted by Crippen LogP contribution is 2.48. The third kappa shape index (κ3) is 6.16. The van der Waals surface area contributed by atoms with E-state index in [1.165, 1.54) is 40.2 Å². The maximum atomic E-state index is 11.3. The fourth-order valence-electron chi connectivity index (χ4n) is 5.49. The van der Waals surface area contributed by atoms with Crippen molar-refractivity contribution < 1.29 is 50.1 Å². The number of hydrogen-bond acceptors (Lipinski definition) is 19. The summed E-state index contributed by atoms with van der Waals surface area (Å²) < 4.78 is 14.1. The van der Waals surface area contributed by atoms with E-state index in [2.05, 4.69) is 42.5 Å². The molecule has 49 heavy (non-hydrogen) atoms. The molecule has 2 aliphatic rings. The predicted molar refractivity (Wildman–Crippen MR) is 169 cm³/mol. The van der Waals surface area contributed by atoms with Crippen LogP contribution in [0.3, 0.4) is 0 Å². The zero-order valence-corrected chi connectivity index (χ0v) is 26.6. The number of para-hydroxylation sites is 1. The van der Waals surface area contributed by atoms with Gasteiger partial charge in [0, 0.05) is 17.4 Å². The van der Waals surface area contributed by atoms with Crippen LogP contribution in [0.5, 0.6) is 5.88 Å². The molecule has 2 aliphatic heterocycles. The van der Waals surface area contributed by atoms with Gasteiger partial charge in [0.2, 0.25) is 10.9 Å². The SMILES string of the molecule is O=[N+]([O-])c1ccccc1CS[C@@]1(n2cnc3c(O)ncnc32)O[C@H](CO)[C@@H](O)[C@H]1O.OC[C@H]1O[C@@H](n2cnc3c(S)ncnc32)[C@H](O)[C@@H]1O. The first-order valence-corrected chi connectivity index (χ1v) is 15.8. The summed E-state index contributed by atoms with van der Waals surface area (Å²) in [5.74, 6) is -0.361. The summed E-state index contributed by atoms with van der Waals surface area (Å²) in [5.41, 5.74) is 1.33. The molecule has 1 aromatic carbocycles. The summed E-state index contributed by atoms with van der Waals surface area (Å²) in [5, 5.41) is 79.5. The Balaban J connectivity index is 0.000000188. The Hall–Kier alpha value is -4.10. The molecule has 0 radical (unpaired) electrons. The highest BCUT2D eigenvalue weighted by Gasteiger charge is 2.57. The summed E-state index contributed by atoms with van der Waals surface area (Å²) in [6.07, 6.45) is -3.04. The van der Waals surface area contributed by atoms with Gasteiger partial charge < -0.3 is 45.2 Å². The van der Waals surface area contributed by atoms with Crippen LogP contribution in [0.1, 0.15) is 11.8 Å². The minimum absolute atomic E-state index is 0.0236.